The number of nitrogens with two attached hydrogens (primary N) is 1. The van der Waals surface area contributed by atoms with E-state index >= 15 is 0 Å². The van der Waals surface area contributed by atoms with Crippen molar-refractivity contribution in [2.75, 3.05) is 0 Å². The van der Waals surface area contributed by atoms with E-state index in [0.29, 0.717) is 5.70 Å². The van der Waals surface area contributed by atoms with E-state index in [1.807, 2.05) is 30.3 Å². The molecule has 0 aliphatic rings. The number of rotatable bonds is 1. The number of allylic oxidation sites excluding steroid dienone is 1. The summed E-state index contributed by atoms with van der Waals surface area (Å²) >= 11 is 0. The highest BCUT2D eigenvalue weighted by Crippen LogP contribution is 2.23. The number of nitrogens with zero attached hydrogens (tertiary/aromatic N) is 1. The number of benzene rings is 1. The van der Waals surface area contributed by atoms with Gasteiger partial charge in [0.15, 0.2) is 0 Å². The van der Waals surface area contributed by atoms with Crippen LogP contribution in [0.5, 0.6) is 0 Å². The predicted octanol–water partition coefficient (Wildman–Crippen LogP) is 2.81. The van der Waals surface area contributed by atoms with Gasteiger partial charge in [-0.25, -0.2) is 0 Å². The Kier molecular flexibility index (Phi) is 3.16. The van der Waals surface area contributed by atoms with Gasteiger partial charge in [-0.15, -0.1) is 0 Å². The van der Waals surface area contributed by atoms with Crippen molar-refractivity contribution in [3.63, 3.8) is 0 Å². The molecule has 0 radical (unpaired) electrons. The minimum atomic E-state index is 0.145. The van der Waals surface area contributed by atoms with Crippen molar-refractivity contribution in [3.05, 3.63) is 41.5 Å². The van der Waals surface area contributed by atoms with Gasteiger partial charge in [-0.05, 0) is 16.5 Å². The van der Waals surface area contributed by atoms with Crippen molar-refractivity contribution < 1.29 is 0 Å². The molecule has 2 N–H and O–H groups in total. The van der Waals surface area contributed by atoms with Gasteiger partial charge in [-0.3, -0.25) is 0 Å². The van der Waals surface area contributed by atoms with Crippen LogP contribution in [0.25, 0.3) is 5.70 Å². The maximum absolute atomic E-state index is 8.48. The van der Waals surface area contributed by atoms with E-state index in [1.165, 1.54) is 11.6 Å². The van der Waals surface area contributed by atoms with Gasteiger partial charge in [-0.1, -0.05) is 45.0 Å². The van der Waals surface area contributed by atoms with Gasteiger partial charge >= 0.3 is 0 Å². The fraction of sp³-hybridized carbons (Fsp3) is 0.308. The van der Waals surface area contributed by atoms with Crippen LogP contribution in [0.4, 0.5) is 0 Å². The van der Waals surface area contributed by atoms with Crippen molar-refractivity contribution in [2.45, 2.75) is 26.2 Å². The molecule has 0 heterocycles. The Bertz CT molecular complexity index is 400. The Hall–Kier alpha value is -1.75. The lowest BCUT2D eigenvalue weighted by atomic mass is 9.86. The van der Waals surface area contributed by atoms with Crippen LogP contribution in [-0.2, 0) is 5.41 Å². The third-order valence-corrected chi connectivity index (χ3v) is 2.30. The highest BCUT2D eigenvalue weighted by Gasteiger charge is 2.12. The van der Waals surface area contributed by atoms with Crippen molar-refractivity contribution in [3.8, 4) is 6.07 Å². The van der Waals surface area contributed by atoms with E-state index < -0.39 is 0 Å². The lowest BCUT2D eigenvalue weighted by molar-refractivity contribution is 0.590. The van der Waals surface area contributed by atoms with Gasteiger partial charge in [0.25, 0.3) is 0 Å². The zero-order chi connectivity index (χ0) is 11.5. The molecule has 0 amide bonds. The fourth-order valence-electron chi connectivity index (χ4n) is 1.32. The molecule has 0 aromatic heterocycles. The van der Waals surface area contributed by atoms with Gasteiger partial charge in [-0.2, -0.15) is 5.26 Å². The maximum atomic E-state index is 8.48. The van der Waals surface area contributed by atoms with Crippen LogP contribution in [0.3, 0.4) is 0 Å². The van der Waals surface area contributed by atoms with Gasteiger partial charge < -0.3 is 5.73 Å². The Morgan fingerprint density at radius 2 is 1.80 bits per heavy atom. The van der Waals surface area contributed by atoms with Crippen molar-refractivity contribution in [1.82, 2.24) is 0 Å². The van der Waals surface area contributed by atoms with Crippen molar-refractivity contribution >= 4 is 5.70 Å². The molecule has 1 aromatic rings. The molecule has 0 bridgehead atoms. The first-order valence-corrected chi connectivity index (χ1v) is 4.91. The molecule has 0 atom stereocenters. The summed E-state index contributed by atoms with van der Waals surface area (Å²) in [6.45, 7) is 6.49. The van der Waals surface area contributed by atoms with Crippen molar-refractivity contribution in [1.29, 1.82) is 5.26 Å². The molecular formula is C13H16N2. The molecule has 1 aromatic carbocycles. The molecule has 0 unspecified atom stereocenters. The van der Waals surface area contributed by atoms with Crippen LogP contribution in [0.15, 0.2) is 30.3 Å². The first kappa shape index (κ1) is 11.3. The second-order valence-corrected chi connectivity index (χ2v) is 4.56. The van der Waals surface area contributed by atoms with Crippen LogP contribution in [-0.4, -0.2) is 0 Å². The SMILES string of the molecule is CC(C)(C)c1ccc(/C(N)=C/C#N)cc1. The summed E-state index contributed by atoms with van der Waals surface area (Å²) in [6.07, 6.45) is 1.35. The molecule has 2 heteroatoms. The second kappa shape index (κ2) is 4.18. The van der Waals surface area contributed by atoms with E-state index in [1.54, 1.807) is 0 Å². The normalized spacial score (nSPS) is 12.3. The third-order valence-electron chi connectivity index (χ3n) is 2.30. The molecule has 0 fully saturated rings. The van der Waals surface area contributed by atoms with Gasteiger partial charge in [0.2, 0.25) is 0 Å². The summed E-state index contributed by atoms with van der Waals surface area (Å²) in [6, 6.07) is 9.92. The minimum absolute atomic E-state index is 0.145. The molecule has 2 nitrogen and oxygen atoms in total. The van der Waals surface area contributed by atoms with E-state index in [4.69, 9.17) is 11.0 Å². The maximum Gasteiger partial charge on any atom is 0.0933 e. The quantitative estimate of drug-likeness (QED) is 0.709. The van der Waals surface area contributed by atoms with Crippen LogP contribution >= 0.6 is 0 Å². The number of hydrogen-bond acceptors (Lipinski definition) is 2. The molecule has 15 heavy (non-hydrogen) atoms. The number of hydrogen-bond donors (Lipinski definition) is 1. The zero-order valence-corrected chi connectivity index (χ0v) is 9.41. The minimum Gasteiger partial charge on any atom is -0.398 e. The van der Waals surface area contributed by atoms with Gasteiger partial charge in [0.05, 0.1) is 6.07 Å². The summed E-state index contributed by atoms with van der Waals surface area (Å²) in [5.41, 5.74) is 8.51. The van der Waals surface area contributed by atoms with E-state index in [2.05, 4.69) is 20.8 Å². The smallest absolute Gasteiger partial charge is 0.0933 e. The summed E-state index contributed by atoms with van der Waals surface area (Å²) < 4.78 is 0. The standard InChI is InChI=1S/C13H16N2/c1-13(2,3)11-6-4-10(5-7-11)12(15)8-9-14/h4-8H,15H2,1-3H3/b12-8-. The van der Waals surface area contributed by atoms with Crippen LogP contribution in [0, 0.1) is 11.3 Å². The summed E-state index contributed by atoms with van der Waals surface area (Å²) in [4.78, 5) is 0. The highest BCUT2D eigenvalue weighted by molar-refractivity contribution is 5.64. The van der Waals surface area contributed by atoms with Crippen molar-refractivity contribution in [2.24, 2.45) is 5.73 Å². The molecular weight excluding hydrogens is 184 g/mol. The second-order valence-electron chi connectivity index (χ2n) is 4.56. The molecule has 0 saturated carbocycles. The van der Waals surface area contributed by atoms with Crippen LogP contribution in [0.1, 0.15) is 31.9 Å². The lowest BCUT2D eigenvalue weighted by Crippen LogP contribution is -2.10. The van der Waals surface area contributed by atoms with Gasteiger partial charge in [0, 0.05) is 11.8 Å². The number of nitriles is 1. The monoisotopic (exact) mass is 200 g/mol. The van der Waals surface area contributed by atoms with E-state index in [9.17, 15) is 0 Å². The predicted molar refractivity (Wildman–Crippen MR) is 62.9 cm³/mol. The first-order valence-electron chi connectivity index (χ1n) is 4.91. The highest BCUT2D eigenvalue weighted by atomic mass is 14.6. The largest absolute Gasteiger partial charge is 0.398 e. The lowest BCUT2D eigenvalue weighted by Gasteiger charge is -2.19. The molecule has 0 aliphatic heterocycles. The topological polar surface area (TPSA) is 49.8 Å². The average molecular weight is 200 g/mol. The molecule has 0 spiro atoms. The van der Waals surface area contributed by atoms with Gasteiger partial charge in [0.1, 0.15) is 0 Å². The third kappa shape index (κ3) is 2.85. The average Bonchev–Trinajstić information content (AvgIpc) is 2.17. The molecule has 1 rings (SSSR count). The molecule has 0 saturated heterocycles. The summed E-state index contributed by atoms with van der Waals surface area (Å²) in [7, 11) is 0. The Labute approximate surface area is 91.0 Å². The van der Waals surface area contributed by atoms with Crippen LogP contribution in [0.2, 0.25) is 0 Å². The Balaban J connectivity index is 3.02. The first-order chi connectivity index (χ1) is 6.95. The summed E-state index contributed by atoms with van der Waals surface area (Å²) in [5, 5.41) is 8.48. The van der Waals surface area contributed by atoms with Crippen LogP contribution < -0.4 is 5.73 Å². The Morgan fingerprint density at radius 1 is 1.27 bits per heavy atom. The van der Waals surface area contributed by atoms with E-state index in [0.717, 1.165) is 5.56 Å². The summed E-state index contributed by atoms with van der Waals surface area (Å²) in [5.74, 6) is 0. The van der Waals surface area contributed by atoms with E-state index in [-0.39, 0.29) is 5.41 Å². The molecule has 78 valence electrons. The molecule has 0 aliphatic carbocycles. The Morgan fingerprint density at radius 3 is 2.20 bits per heavy atom. The fourth-order valence-corrected chi connectivity index (χ4v) is 1.32. The zero-order valence-electron chi connectivity index (χ0n) is 9.41.